The van der Waals surface area contributed by atoms with Crippen molar-refractivity contribution in [3.63, 3.8) is 0 Å². The molecule has 1 saturated carbocycles. The zero-order valence-electron chi connectivity index (χ0n) is 12.0. The third-order valence-corrected chi connectivity index (χ3v) is 3.80. The van der Waals surface area contributed by atoms with Crippen molar-refractivity contribution in [1.82, 2.24) is 20.8 Å². The van der Waals surface area contributed by atoms with Gasteiger partial charge in [0.25, 0.3) is 0 Å². The molecule has 116 valence electrons. The highest BCUT2D eigenvalue weighted by Gasteiger charge is 2.43. The second-order valence-electron chi connectivity index (χ2n) is 5.57. The molecular weight excluding hydrogens is 276 g/mol. The Morgan fingerprint density at radius 3 is 3.00 bits per heavy atom. The number of nitrogens with one attached hydrogen (secondary N) is 2. The van der Waals surface area contributed by atoms with Gasteiger partial charge in [0.2, 0.25) is 6.39 Å². The van der Waals surface area contributed by atoms with E-state index in [9.17, 15) is 14.7 Å². The van der Waals surface area contributed by atoms with Crippen LogP contribution < -0.4 is 10.6 Å². The normalized spacial score (nSPS) is 25.3. The van der Waals surface area contributed by atoms with Crippen LogP contribution in [0.4, 0.5) is 4.79 Å². The highest BCUT2D eigenvalue weighted by Crippen LogP contribution is 2.32. The number of urea groups is 1. The van der Waals surface area contributed by atoms with Crippen LogP contribution in [0.25, 0.3) is 0 Å². The molecule has 2 rings (SSSR count). The number of carboxylic acid groups (broad SMARTS) is 1. The average Bonchev–Trinajstić information content (AvgIpc) is 2.91. The number of aromatic nitrogens is 2. The van der Waals surface area contributed by atoms with Crippen LogP contribution in [0.1, 0.15) is 38.4 Å². The molecule has 0 aliphatic heterocycles. The van der Waals surface area contributed by atoms with Gasteiger partial charge in [0, 0.05) is 13.0 Å². The number of carbonyl (C=O) groups is 2. The maximum Gasteiger partial charge on any atom is 0.329 e. The lowest BCUT2D eigenvalue weighted by Gasteiger charge is -2.36. The van der Waals surface area contributed by atoms with Crippen molar-refractivity contribution in [3.05, 3.63) is 12.2 Å². The lowest BCUT2D eigenvalue weighted by Crippen LogP contribution is -2.59. The minimum atomic E-state index is -1.16. The van der Waals surface area contributed by atoms with Gasteiger partial charge < -0.3 is 20.3 Å². The summed E-state index contributed by atoms with van der Waals surface area (Å²) in [5.41, 5.74) is -1.16. The van der Waals surface area contributed by atoms with Crippen LogP contribution in [0.3, 0.4) is 0 Å². The summed E-state index contributed by atoms with van der Waals surface area (Å²) in [7, 11) is 0. The topological polar surface area (TPSA) is 117 Å². The third kappa shape index (κ3) is 3.93. The Hall–Kier alpha value is -2.12. The third-order valence-electron chi connectivity index (χ3n) is 3.80. The number of hydrogen-bond acceptors (Lipinski definition) is 5. The number of carboxylic acids is 1. The zero-order chi connectivity index (χ0) is 15.3. The molecular formula is C13H20N4O4. The first-order valence-electron chi connectivity index (χ1n) is 7.06. The number of amides is 2. The van der Waals surface area contributed by atoms with Gasteiger partial charge in [0.05, 0.1) is 0 Å². The molecule has 0 bridgehead atoms. The molecule has 1 aliphatic carbocycles. The highest BCUT2D eigenvalue weighted by atomic mass is 16.5. The van der Waals surface area contributed by atoms with Gasteiger partial charge in [-0.15, -0.1) is 0 Å². The lowest BCUT2D eigenvalue weighted by molar-refractivity contribution is -0.146. The fourth-order valence-corrected chi connectivity index (χ4v) is 2.76. The van der Waals surface area contributed by atoms with E-state index in [-0.39, 0.29) is 5.92 Å². The summed E-state index contributed by atoms with van der Waals surface area (Å²) in [5, 5.41) is 18.3. The van der Waals surface area contributed by atoms with Crippen molar-refractivity contribution in [1.29, 1.82) is 0 Å². The van der Waals surface area contributed by atoms with E-state index in [1.807, 2.05) is 6.92 Å². The summed E-state index contributed by atoms with van der Waals surface area (Å²) < 4.78 is 4.59. The quantitative estimate of drug-likeness (QED) is 0.744. The van der Waals surface area contributed by atoms with Crippen molar-refractivity contribution in [2.45, 2.75) is 44.6 Å². The summed E-state index contributed by atoms with van der Waals surface area (Å²) in [6.07, 6.45) is 4.37. The van der Waals surface area contributed by atoms with Crippen LogP contribution >= 0.6 is 0 Å². The van der Waals surface area contributed by atoms with Gasteiger partial charge in [0.1, 0.15) is 5.54 Å². The molecule has 0 spiro atoms. The molecule has 0 aromatic carbocycles. The highest BCUT2D eigenvalue weighted by molar-refractivity contribution is 5.86. The van der Waals surface area contributed by atoms with E-state index in [4.69, 9.17) is 0 Å². The second kappa shape index (κ2) is 6.55. The molecule has 3 N–H and O–H groups in total. The van der Waals surface area contributed by atoms with E-state index in [0.29, 0.717) is 31.6 Å². The molecule has 8 nitrogen and oxygen atoms in total. The van der Waals surface area contributed by atoms with E-state index in [1.54, 1.807) is 0 Å². The molecule has 1 aromatic rings. The van der Waals surface area contributed by atoms with Crippen LogP contribution in [0.15, 0.2) is 10.9 Å². The summed E-state index contributed by atoms with van der Waals surface area (Å²) >= 11 is 0. The fourth-order valence-electron chi connectivity index (χ4n) is 2.76. The minimum absolute atomic E-state index is 0.287. The van der Waals surface area contributed by atoms with E-state index in [1.165, 1.54) is 6.39 Å². The molecule has 8 heteroatoms. The first-order valence-corrected chi connectivity index (χ1v) is 7.06. The Bertz CT molecular complexity index is 490. The SMILES string of the molecule is CC1CCCC(NC(=O)NCCc2ncon2)(C(=O)O)C1. The molecule has 1 fully saturated rings. The van der Waals surface area contributed by atoms with Crippen LogP contribution in [-0.2, 0) is 11.2 Å². The van der Waals surface area contributed by atoms with Crippen molar-refractivity contribution < 1.29 is 19.2 Å². The Labute approximate surface area is 122 Å². The molecule has 2 amide bonds. The molecule has 2 unspecified atom stereocenters. The first kappa shape index (κ1) is 15.3. The molecule has 21 heavy (non-hydrogen) atoms. The fraction of sp³-hybridized carbons (Fsp3) is 0.692. The number of nitrogens with zero attached hydrogens (tertiary/aromatic N) is 2. The standard InChI is InChI=1S/C13H20N4O4/c1-9-3-2-5-13(7-9,11(18)19)16-12(20)14-6-4-10-15-8-21-17-10/h8-9H,2-7H2,1H3,(H,18,19)(H2,14,16,20). The van der Waals surface area contributed by atoms with Crippen molar-refractivity contribution in [2.75, 3.05) is 6.54 Å². The molecule has 0 saturated heterocycles. The smallest absolute Gasteiger partial charge is 0.329 e. The van der Waals surface area contributed by atoms with Crippen LogP contribution in [-0.4, -0.2) is 39.3 Å². The summed E-state index contributed by atoms with van der Waals surface area (Å²) in [6.45, 7) is 2.32. The Morgan fingerprint density at radius 2 is 2.38 bits per heavy atom. The van der Waals surface area contributed by atoms with Gasteiger partial charge in [-0.3, -0.25) is 0 Å². The van der Waals surface area contributed by atoms with Crippen molar-refractivity contribution in [2.24, 2.45) is 5.92 Å². The predicted octanol–water partition coefficient (Wildman–Crippen LogP) is 0.945. The molecule has 1 heterocycles. The van der Waals surface area contributed by atoms with Crippen molar-refractivity contribution in [3.8, 4) is 0 Å². The maximum absolute atomic E-state index is 11.9. The van der Waals surface area contributed by atoms with Crippen LogP contribution in [0, 0.1) is 5.92 Å². The van der Waals surface area contributed by atoms with Gasteiger partial charge in [-0.25, -0.2) is 9.59 Å². The van der Waals surface area contributed by atoms with E-state index >= 15 is 0 Å². The summed E-state index contributed by atoms with van der Waals surface area (Å²) in [5.74, 6) is -0.189. The van der Waals surface area contributed by atoms with Gasteiger partial charge >= 0.3 is 12.0 Å². The monoisotopic (exact) mass is 296 g/mol. The number of carbonyl (C=O) groups excluding carboxylic acids is 1. The lowest BCUT2D eigenvalue weighted by atomic mass is 9.76. The first-order chi connectivity index (χ1) is 10.0. The Kier molecular flexibility index (Phi) is 4.77. The largest absolute Gasteiger partial charge is 0.480 e. The van der Waals surface area contributed by atoms with E-state index in [2.05, 4.69) is 25.3 Å². The predicted molar refractivity (Wildman–Crippen MR) is 72.5 cm³/mol. The van der Waals surface area contributed by atoms with Crippen LogP contribution in [0.2, 0.25) is 0 Å². The molecule has 1 aromatic heterocycles. The van der Waals surface area contributed by atoms with Gasteiger partial charge in [-0.1, -0.05) is 24.9 Å². The molecule has 2 atom stereocenters. The molecule has 0 radical (unpaired) electrons. The summed E-state index contributed by atoms with van der Waals surface area (Å²) in [4.78, 5) is 27.3. The number of hydrogen-bond donors (Lipinski definition) is 3. The second-order valence-corrected chi connectivity index (χ2v) is 5.57. The average molecular weight is 296 g/mol. The number of aliphatic carboxylic acids is 1. The van der Waals surface area contributed by atoms with E-state index < -0.39 is 17.5 Å². The van der Waals surface area contributed by atoms with Crippen LogP contribution in [0.5, 0.6) is 0 Å². The van der Waals surface area contributed by atoms with Gasteiger partial charge in [-0.05, 0) is 18.8 Å². The molecule has 1 aliphatic rings. The zero-order valence-corrected chi connectivity index (χ0v) is 12.0. The summed E-state index contributed by atoms with van der Waals surface area (Å²) in [6, 6.07) is -0.477. The van der Waals surface area contributed by atoms with Gasteiger partial charge in [-0.2, -0.15) is 4.98 Å². The van der Waals surface area contributed by atoms with Crippen molar-refractivity contribution >= 4 is 12.0 Å². The number of rotatable bonds is 5. The Balaban J connectivity index is 1.85. The van der Waals surface area contributed by atoms with E-state index in [0.717, 1.165) is 12.8 Å². The minimum Gasteiger partial charge on any atom is -0.480 e. The van der Waals surface area contributed by atoms with Gasteiger partial charge in [0.15, 0.2) is 5.82 Å². The Morgan fingerprint density at radius 1 is 1.57 bits per heavy atom. The maximum atomic E-state index is 11.9.